The van der Waals surface area contributed by atoms with Gasteiger partial charge in [0.2, 0.25) is 0 Å². The molecule has 0 bridgehead atoms. The number of nitrogen functional groups attached to an aromatic ring is 1. The number of phenols is 1. The van der Waals surface area contributed by atoms with Crippen molar-refractivity contribution in [1.82, 2.24) is 10.3 Å². The second-order valence-corrected chi connectivity index (χ2v) is 8.68. The van der Waals surface area contributed by atoms with E-state index in [-0.39, 0.29) is 29.8 Å². The molecule has 0 saturated carbocycles. The van der Waals surface area contributed by atoms with Gasteiger partial charge in [-0.1, -0.05) is 18.2 Å². The third-order valence-electron chi connectivity index (χ3n) is 5.95. The van der Waals surface area contributed by atoms with Crippen LogP contribution in [0.3, 0.4) is 0 Å². The van der Waals surface area contributed by atoms with Crippen molar-refractivity contribution in [3.05, 3.63) is 75.3 Å². The van der Waals surface area contributed by atoms with Crippen molar-refractivity contribution >= 4 is 17.5 Å². The number of hydrogen-bond donors (Lipinski definition) is 4. The normalized spacial score (nSPS) is 14.8. The first-order chi connectivity index (χ1) is 18.9. The lowest BCUT2D eigenvalue weighted by molar-refractivity contribution is -0.384. The summed E-state index contributed by atoms with van der Waals surface area (Å²) < 4.78 is 37.7. The minimum atomic E-state index is -5.08. The van der Waals surface area contributed by atoms with Crippen LogP contribution in [0.5, 0.6) is 11.5 Å². The highest BCUT2D eigenvalue weighted by Gasteiger charge is 2.38. The van der Waals surface area contributed by atoms with Gasteiger partial charge in [0.15, 0.2) is 0 Å². The van der Waals surface area contributed by atoms with Crippen molar-refractivity contribution < 1.29 is 37.8 Å². The van der Waals surface area contributed by atoms with Gasteiger partial charge in [-0.2, -0.15) is 18.4 Å². The summed E-state index contributed by atoms with van der Waals surface area (Å²) in [5, 5.41) is 41.8. The number of alkyl halides is 3. The Hall–Kier alpha value is -4.90. The Balaban J connectivity index is 0.000000559. The molecule has 210 valence electrons. The number of nitrogens with two attached hydrogens (primary N) is 1. The van der Waals surface area contributed by atoms with Crippen LogP contribution in [-0.2, 0) is 11.4 Å². The van der Waals surface area contributed by atoms with E-state index in [9.17, 15) is 33.7 Å². The number of aromatic hydroxyl groups is 1. The molecule has 1 atom stereocenters. The summed E-state index contributed by atoms with van der Waals surface area (Å²) in [6.45, 7) is 1.72. The molecule has 1 aromatic heterocycles. The van der Waals surface area contributed by atoms with E-state index in [0.29, 0.717) is 28.1 Å². The number of nitro benzene ring substituents is 1. The molecule has 14 heteroatoms. The molecule has 0 radical (unpaired) electrons. The molecule has 5 N–H and O–H groups in total. The highest BCUT2D eigenvalue weighted by Crippen LogP contribution is 2.40. The zero-order chi connectivity index (χ0) is 29.4. The quantitative estimate of drug-likeness (QED) is 0.248. The van der Waals surface area contributed by atoms with Crippen LogP contribution in [-0.4, -0.2) is 45.4 Å². The van der Waals surface area contributed by atoms with Crippen molar-refractivity contribution in [2.24, 2.45) is 0 Å². The van der Waals surface area contributed by atoms with Gasteiger partial charge in [-0.15, -0.1) is 0 Å². The molecule has 1 aliphatic rings. The fraction of sp³-hybridized carbons (Fsp3) is 0.269. The average molecular weight is 560 g/mol. The summed E-state index contributed by atoms with van der Waals surface area (Å²) in [5.74, 6) is -2.24. The summed E-state index contributed by atoms with van der Waals surface area (Å²) >= 11 is 0. The largest absolute Gasteiger partial charge is 0.507 e. The first kappa shape index (κ1) is 29.7. The van der Waals surface area contributed by atoms with E-state index in [4.69, 9.17) is 20.4 Å². The molecule has 0 aliphatic carbocycles. The van der Waals surface area contributed by atoms with Gasteiger partial charge in [0.1, 0.15) is 30.0 Å². The van der Waals surface area contributed by atoms with Gasteiger partial charge in [0.05, 0.1) is 21.7 Å². The summed E-state index contributed by atoms with van der Waals surface area (Å²) in [6.07, 6.45) is -3.18. The van der Waals surface area contributed by atoms with Crippen LogP contribution in [0.4, 0.5) is 24.7 Å². The molecule has 4 rings (SSSR count). The first-order valence-electron chi connectivity index (χ1n) is 11.8. The van der Waals surface area contributed by atoms with Crippen LogP contribution in [0, 0.1) is 21.4 Å². The van der Waals surface area contributed by atoms with Crippen molar-refractivity contribution in [2.45, 2.75) is 31.5 Å². The van der Waals surface area contributed by atoms with E-state index >= 15 is 0 Å². The fourth-order valence-corrected chi connectivity index (χ4v) is 4.09. The molecule has 2 aromatic carbocycles. The van der Waals surface area contributed by atoms with Gasteiger partial charge in [-0.25, -0.2) is 9.78 Å². The number of piperidine rings is 1. The van der Waals surface area contributed by atoms with Gasteiger partial charge in [-0.3, -0.25) is 10.1 Å². The lowest BCUT2D eigenvalue weighted by atomic mass is 9.88. The molecule has 11 nitrogen and oxygen atoms in total. The number of benzene rings is 2. The van der Waals surface area contributed by atoms with E-state index in [1.54, 1.807) is 30.3 Å². The minimum Gasteiger partial charge on any atom is -0.507 e. The Morgan fingerprint density at radius 1 is 1.27 bits per heavy atom. The van der Waals surface area contributed by atoms with Crippen molar-refractivity contribution in [3.63, 3.8) is 0 Å². The van der Waals surface area contributed by atoms with Crippen LogP contribution in [0.15, 0.2) is 48.5 Å². The number of anilines is 1. The number of hydrogen-bond acceptors (Lipinski definition) is 9. The SMILES string of the molecule is N#Cc1c(C2CCCNC2)cc(-c2c(O)cccc2OCc2cccc([N+](=O)[O-])c2)nc1N.O=C(O)C(F)(F)F. The van der Waals surface area contributed by atoms with Crippen LogP contribution in [0.1, 0.15) is 35.4 Å². The molecule has 1 aliphatic heterocycles. The topological polar surface area (TPSA) is 185 Å². The van der Waals surface area contributed by atoms with E-state index in [1.807, 2.05) is 0 Å². The molecule has 1 unspecified atom stereocenters. The number of carboxylic acids is 1. The molecular formula is C26H24F3N5O6. The van der Waals surface area contributed by atoms with E-state index < -0.39 is 17.1 Å². The van der Waals surface area contributed by atoms with Gasteiger partial charge in [-0.05, 0) is 54.6 Å². The van der Waals surface area contributed by atoms with Crippen LogP contribution >= 0.6 is 0 Å². The summed E-state index contributed by atoms with van der Waals surface area (Å²) in [5.41, 5.74) is 8.62. The van der Waals surface area contributed by atoms with E-state index in [1.165, 1.54) is 18.2 Å². The fourth-order valence-electron chi connectivity index (χ4n) is 4.09. The standard InChI is InChI=1S/C24H23N5O4.C2HF3O2/c25-12-19-18(16-5-3-9-27-13-16)11-20(28-24(19)26)23-21(30)7-2-8-22(23)33-14-15-4-1-6-17(10-15)29(31)32;3-2(4,5)1(6)7/h1-2,4,6-8,10-11,16,27,30H,3,5,9,13-14H2,(H2,26,28);(H,6,7). The summed E-state index contributed by atoms with van der Waals surface area (Å²) in [7, 11) is 0. The first-order valence-corrected chi connectivity index (χ1v) is 11.8. The Morgan fingerprint density at radius 2 is 1.98 bits per heavy atom. The van der Waals surface area contributed by atoms with Gasteiger partial charge in [0, 0.05) is 18.7 Å². The number of ether oxygens (including phenoxy) is 1. The van der Waals surface area contributed by atoms with Crippen molar-refractivity contribution in [3.8, 4) is 28.8 Å². The smallest absolute Gasteiger partial charge is 0.490 e. The number of aromatic nitrogens is 1. The predicted molar refractivity (Wildman–Crippen MR) is 136 cm³/mol. The number of non-ortho nitro benzene ring substituents is 1. The van der Waals surface area contributed by atoms with Crippen LogP contribution < -0.4 is 15.8 Å². The molecule has 1 saturated heterocycles. The third kappa shape index (κ3) is 7.35. The number of nitriles is 1. The zero-order valence-electron chi connectivity index (χ0n) is 20.8. The summed E-state index contributed by atoms with van der Waals surface area (Å²) in [6, 6.07) is 15.0. The van der Waals surface area contributed by atoms with Gasteiger partial charge >= 0.3 is 12.1 Å². The number of carboxylic acid groups (broad SMARTS) is 1. The third-order valence-corrected chi connectivity index (χ3v) is 5.95. The minimum absolute atomic E-state index is 0.0282. The zero-order valence-corrected chi connectivity index (χ0v) is 20.8. The molecule has 0 amide bonds. The number of phenolic OH excluding ortho intramolecular Hbond substituents is 1. The Morgan fingerprint density at radius 3 is 2.58 bits per heavy atom. The number of aliphatic carboxylic acids is 1. The molecule has 0 spiro atoms. The van der Waals surface area contributed by atoms with Crippen molar-refractivity contribution in [2.75, 3.05) is 18.8 Å². The second-order valence-electron chi connectivity index (χ2n) is 8.68. The lowest BCUT2D eigenvalue weighted by Crippen LogP contribution is -2.29. The molecule has 3 aromatic rings. The number of pyridine rings is 1. The van der Waals surface area contributed by atoms with Gasteiger partial charge < -0.3 is 26.0 Å². The number of nitrogens with one attached hydrogen (secondary N) is 1. The number of rotatable bonds is 6. The molecule has 40 heavy (non-hydrogen) atoms. The second kappa shape index (κ2) is 12.8. The number of carbonyl (C=O) groups is 1. The average Bonchev–Trinajstić information content (AvgIpc) is 2.92. The summed E-state index contributed by atoms with van der Waals surface area (Å²) in [4.78, 5) is 23.9. The number of halogens is 3. The molecular weight excluding hydrogens is 535 g/mol. The highest BCUT2D eigenvalue weighted by molar-refractivity contribution is 5.76. The number of nitro groups is 1. The predicted octanol–water partition coefficient (Wildman–Crippen LogP) is 4.50. The monoisotopic (exact) mass is 559 g/mol. The Labute approximate surface area is 225 Å². The number of nitrogens with zero attached hydrogens (tertiary/aromatic N) is 3. The highest BCUT2D eigenvalue weighted by atomic mass is 19.4. The maximum Gasteiger partial charge on any atom is 0.490 e. The van der Waals surface area contributed by atoms with Crippen LogP contribution in [0.2, 0.25) is 0 Å². The van der Waals surface area contributed by atoms with E-state index in [0.717, 1.165) is 31.5 Å². The Kier molecular flexibility index (Phi) is 9.46. The maximum atomic E-state index is 11.0. The Bertz CT molecular complexity index is 1440. The van der Waals surface area contributed by atoms with Crippen molar-refractivity contribution in [1.29, 1.82) is 5.26 Å². The van der Waals surface area contributed by atoms with E-state index in [2.05, 4.69) is 16.4 Å². The van der Waals surface area contributed by atoms with Crippen LogP contribution in [0.25, 0.3) is 11.3 Å². The maximum absolute atomic E-state index is 11.0. The molecule has 1 fully saturated rings. The lowest BCUT2D eigenvalue weighted by Gasteiger charge is -2.25. The van der Waals surface area contributed by atoms with Gasteiger partial charge in [0.25, 0.3) is 5.69 Å². The molecule has 2 heterocycles.